The van der Waals surface area contributed by atoms with Gasteiger partial charge in [0.1, 0.15) is 0 Å². The molecule has 0 radical (unpaired) electrons. The first-order valence-corrected chi connectivity index (χ1v) is 9.68. The summed E-state index contributed by atoms with van der Waals surface area (Å²) in [6.07, 6.45) is 5.03. The Labute approximate surface area is 130 Å². The fourth-order valence-corrected chi connectivity index (χ4v) is 3.39. The van der Waals surface area contributed by atoms with Crippen molar-refractivity contribution in [1.82, 2.24) is 10.3 Å². The van der Waals surface area contributed by atoms with Crippen LogP contribution < -0.4 is 5.32 Å². The first kappa shape index (κ1) is 16.1. The number of benzene rings is 1. The molecule has 1 atom stereocenters. The SMILES string of the molecule is CCCNC(Cc1cncs1)c1ccc(S(C)(=O)=O)cc1. The summed E-state index contributed by atoms with van der Waals surface area (Å²) in [4.78, 5) is 5.68. The van der Waals surface area contributed by atoms with Crippen LogP contribution in [0.2, 0.25) is 0 Å². The molecule has 0 aliphatic carbocycles. The van der Waals surface area contributed by atoms with E-state index in [9.17, 15) is 8.42 Å². The summed E-state index contributed by atoms with van der Waals surface area (Å²) in [7, 11) is -3.14. The molecule has 0 amide bonds. The highest BCUT2D eigenvalue weighted by Crippen LogP contribution is 2.22. The van der Waals surface area contributed by atoms with Crippen LogP contribution in [0.15, 0.2) is 40.9 Å². The maximum Gasteiger partial charge on any atom is 0.175 e. The zero-order chi connectivity index (χ0) is 15.3. The Morgan fingerprint density at radius 3 is 2.52 bits per heavy atom. The molecule has 1 N–H and O–H groups in total. The minimum atomic E-state index is -3.14. The van der Waals surface area contributed by atoms with Crippen LogP contribution in [0.4, 0.5) is 0 Å². The number of nitrogens with zero attached hydrogens (tertiary/aromatic N) is 1. The van der Waals surface area contributed by atoms with E-state index in [4.69, 9.17) is 0 Å². The monoisotopic (exact) mass is 324 g/mol. The van der Waals surface area contributed by atoms with E-state index >= 15 is 0 Å². The van der Waals surface area contributed by atoms with Crippen molar-refractivity contribution < 1.29 is 8.42 Å². The zero-order valence-electron chi connectivity index (χ0n) is 12.2. The van der Waals surface area contributed by atoms with E-state index in [-0.39, 0.29) is 6.04 Å². The Hall–Kier alpha value is -1.24. The average molecular weight is 324 g/mol. The second-order valence-corrected chi connectivity index (χ2v) is 8.01. The van der Waals surface area contributed by atoms with Gasteiger partial charge in [-0.3, -0.25) is 4.98 Å². The lowest BCUT2D eigenvalue weighted by Crippen LogP contribution is -2.23. The van der Waals surface area contributed by atoms with Crippen molar-refractivity contribution in [3.05, 3.63) is 46.4 Å². The van der Waals surface area contributed by atoms with Crippen LogP contribution in [0.3, 0.4) is 0 Å². The van der Waals surface area contributed by atoms with Crippen LogP contribution in [0.1, 0.15) is 29.8 Å². The molecule has 1 unspecified atom stereocenters. The molecule has 21 heavy (non-hydrogen) atoms. The topological polar surface area (TPSA) is 59.1 Å². The van der Waals surface area contributed by atoms with Crippen LogP contribution >= 0.6 is 11.3 Å². The van der Waals surface area contributed by atoms with Gasteiger partial charge in [0.25, 0.3) is 0 Å². The summed E-state index contributed by atoms with van der Waals surface area (Å²) in [5.74, 6) is 0. The smallest absolute Gasteiger partial charge is 0.175 e. The Balaban J connectivity index is 2.19. The molecule has 2 aromatic rings. The fraction of sp³-hybridized carbons (Fsp3) is 0.400. The Morgan fingerprint density at radius 1 is 1.29 bits per heavy atom. The van der Waals surface area contributed by atoms with Gasteiger partial charge in [0.15, 0.2) is 9.84 Å². The van der Waals surface area contributed by atoms with Gasteiger partial charge in [-0.2, -0.15) is 0 Å². The first-order valence-electron chi connectivity index (χ1n) is 6.91. The van der Waals surface area contributed by atoms with Gasteiger partial charge < -0.3 is 5.32 Å². The average Bonchev–Trinajstić information content (AvgIpc) is 2.95. The minimum absolute atomic E-state index is 0.180. The van der Waals surface area contributed by atoms with E-state index in [1.807, 2.05) is 23.8 Å². The van der Waals surface area contributed by atoms with E-state index < -0.39 is 9.84 Å². The molecule has 0 saturated carbocycles. The molecular formula is C15H20N2O2S2. The summed E-state index contributed by atoms with van der Waals surface area (Å²) >= 11 is 1.64. The van der Waals surface area contributed by atoms with Gasteiger partial charge in [-0.25, -0.2) is 8.42 Å². The van der Waals surface area contributed by atoms with Crippen LogP contribution in [-0.4, -0.2) is 26.2 Å². The number of hydrogen-bond acceptors (Lipinski definition) is 5. The zero-order valence-corrected chi connectivity index (χ0v) is 13.9. The van der Waals surface area contributed by atoms with Gasteiger partial charge in [0.2, 0.25) is 0 Å². The molecule has 0 saturated heterocycles. The van der Waals surface area contributed by atoms with Gasteiger partial charge in [0, 0.05) is 29.8 Å². The largest absolute Gasteiger partial charge is 0.310 e. The van der Waals surface area contributed by atoms with Crippen molar-refractivity contribution >= 4 is 21.2 Å². The highest BCUT2D eigenvalue weighted by Gasteiger charge is 2.14. The highest BCUT2D eigenvalue weighted by molar-refractivity contribution is 7.90. The van der Waals surface area contributed by atoms with Crippen molar-refractivity contribution in [3.8, 4) is 0 Å². The molecule has 2 rings (SSSR count). The molecule has 0 spiro atoms. The van der Waals surface area contributed by atoms with Gasteiger partial charge in [-0.05, 0) is 30.7 Å². The summed E-state index contributed by atoms with van der Waals surface area (Å²) < 4.78 is 23.0. The standard InChI is InChI=1S/C15H20N2O2S2/c1-3-8-17-15(9-13-10-16-11-20-13)12-4-6-14(7-5-12)21(2,18)19/h4-7,10-11,15,17H,3,8-9H2,1-2H3. The summed E-state index contributed by atoms with van der Waals surface area (Å²) in [6, 6.07) is 7.32. The van der Waals surface area contributed by atoms with E-state index in [1.165, 1.54) is 11.1 Å². The van der Waals surface area contributed by atoms with Crippen LogP contribution in [-0.2, 0) is 16.3 Å². The molecular weight excluding hydrogens is 304 g/mol. The molecule has 6 heteroatoms. The Morgan fingerprint density at radius 2 is 2.00 bits per heavy atom. The second-order valence-electron chi connectivity index (χ2n) is 5.02. The van der Waals surface area contributed by atoms with E-state index in [2.05, 4.69) is 17.2 Å². The normalized spacial score (nSPS) is 13.2. The van der Waals surface area contributed by atoms with Crippen LogP contribution in [0, 0.1) is 0 Å². The molecule has 4 nitrogen and oxygen atoms in total. The fourth-order valence-electron chi connectivity index (χ4n) is 2.12. The van der Waals surface area contributed by atoms with Crippen LogP contribution in [0.25, 0.3) is 0 Å². The number of thiazole rings is 1. The molecule has 0 bridgehead atoms. The third-order valence-electron chi connectivity index (χ3n) is 3.24. The number of hydrogen-bond donors (Lipinski definition) is 1. The van der Waals surface area contributed by atoms with Gasteiger partial charge in [0.05, 0.1) is 10.4 Å². The van der Waals surface area contributed by atoms with Crippen molar-refractivity contribution in [1.29, 1.82) is 0 Å². The lowest BCUT2D eigenvalue weighted by atomic mass is 10.0. The maximum absolute atomic E-state index is 11.5. The van der Waals surface area contributed by atoms with Gasteiger partial charge >= 0.3 is 0 Å². The summed E-state index contributed by atoms with van der Waals surface area (Å²) in [5.41, 5.74) is 2.93. The Bertz CT molecular complexity index is 649. The minimum Gasteiger partial charge on any atom is -0.310 e. The second kappa shape index (κ2) is 7.15. The third-order valence-corrected chi connectivity index (χ3v) is 5.17. The number of aromatic nitrogens is 1. The molecule has 0 fully saturated rings. The third kappa shape index (κ3) is 4.62. The lowest BCUT2D eigenvalue weighted by molar-refractivity contribution is 0.531. The summed E-state index contributed by atoms with van der Waals surface area (Å²) in [5, 5.41) is 3.51. The lowest BCUT2D eigenvalue weighted by Gasteiger charge is -2.18. The van der Waals surface area contributed by atoms with E-state index in [0.717, 1.165) is 24.9 Å². The van der Waals surface area contributed by atoms with E-state index in [0.29, 0.717) is 4.90 Å². The molecule has 1 aromatic heterocycles. The van der Waals surface area contributed by atoms with Gasteiger partial charge in [-0.1, -0.05) is 19.1 Å². The van der Waals surface area contributed by atoms with Crippen molar-refractivity contribution in [2.24, 2.45) is 0 Å². The molecule has 1 heterocycles. The van der Waals surface area contributed by atoms with Crippen molar-refractivity contribution in [2.45, 2.75) is 30.7 Å². The molecule has 0 aliphatic rings. The number of nitrogens with one attached hydrogen (secondary N) is 1. The number of rotatable bonds is 7. The number of sulfone groups is 1. The van der Waals surface area contributed by atoms with E-state index in [1.54, 1.807) is 23.5 Å². The Kier molecular flexibility index (Phi) is 5.50. The first-order chi connectivity index (χ1) is 10.0. The maximum atomic E-state index is 11.5. The predicted octanol–water partition coefficient (Wildman–Crippen LogP) is 2.83. The predicted molar refractivity (Wildman–Crippen MR) is 86.4 cm³/mol. The van der Waals surface area contributed by atoms with Gasteiger partial charge in [-0.15, -0.1) is 11.3 Å². The quantitative estimate of drug-likeness (QED) is 0.851. The highest BCUT2D eigenvalue weighted by atomic mass is 32.2. The van der Waals surface area contributed by atoms with Crippen molar-refractivity contribution in [2.75, 3.05) is 12.8 Å². The van der Waals surface area contributed by atoms with Crippen molar-refractivity contribution in [3.63, 3.8) is 0 Å². The molecule has 114 valence electrons. The molecule has 0 aliphatic heterocycles. The summed E-state index contributed by atoms with van der Waals surface area (Å²) in [6.45, 7) is 3.06. The van der Waals surface area contributed by atoms with Crippen LogP contribution in [0.5, 0.6) is 0 Å². The molecule has 1 aromatic carbocycles.